The van der Waals surface area contributed by atoms with Gasteiger partial charge in [0, 0.05) is 25.2 Å². The summed E-state index contributed by atoms with van der Waals surface area (Å²) in [5.41, 5.74) is -0.113. The molecule has 1 aliphatic rings. The van der Waals surface area contributed by atoms with Gasteiger partial charge in [-0.15, -0.1) is 0 Å². The van der Waals surface area contributed by atoms with Gasteiger partial charge in [0.05, 0.1) is 16.7 Å². The molecule has 0 saturated heterocycles. The van der Waals surface area contributed by atoms with Crippen LogP contribution in [0.2, 0.25) is 0 Å². The van der Waals surface area contributed by atoms with E-state index in [4.69, 9.17) is 4.74 Å². The molecule has 1 aromatic carbocycles. The third-order valence-electron chi connectivity index (χ3n) is 3.53. The van der Waals surface area contributed by atoms with Crippen molar-refractivity contribution in [3.63, 3.8) is 0 Å². The fourth-order valence-corrected chi connectivity index (χ4v) is 2.41. The van der Waals surface area contributed by atoms with Crippen molar-refractivity contribution in [2.75, 3.05) is 11.9 Å². The number of hydrogen-bond acceptors (Lipinski definition) is 5. The van der Waals surface area contributed by atoms with Crippen LogP contribution in [0.3, 0.4) is 0 Å². The minimum absolute atomic E-state index is 0.0647. The lowest BCUT2D eigenvalue weighted by atomic mass is 9.80. The van der Waals surface area contributed by atoms with Crippen molar-refractivity contribution in [2.24, 2.45) is 5.92 Å². The highest BCUT2D eigenvalue weighted by Gasteiger charge is 2.31. The number of benzene rings is 1. The summed E-state index contributed by atoms with van der Waals surface area (Å²) < 4.78 is 5.42. The second kappa shape index (κ2) is 6.53. The Morgan fingerprint density at radius 1 is 1.52 bits per heavy atom. The minimum Gasteiger partial charge on any atom is -0.506 e. The van der Waals surface area contributed by atoms with E-state index in [0.29, 0.717) is 13.0 Å². The molecule has 7 heteroatoms. The van der Waals surface area contributed by atoms with Crippen molar-refractivity contribution in [3.8, 4) is 5.75 Å². The molecule has 0 spiro atoms. The molecule has 1 aliphatic carbocycles. The number of phenolic OH excluding ortho intramolecular Hbond substituents is 1. The Kier molecular flexibility index (Phi) is 4.74. The molecule has 0 heterocycles. The molecule has 2 N–H and O–H groups in total. The molecule has 0 radical (unpaired) electrons. The van der Waals surface area contributed by atoms with E-state index in [0.717, 1.165) is 18.9 Å². The fourth-order valence-electron chi connectivity index (χ4n) is 2.41. The van der Waals surface area contributed by atoms with Crippen molar-refractivity contribution in [1.29, 1.82) is 0 Å². The second-order valence-electron chi connectivity index (χ2n) is 5.13. The van der Waals surface area contributed by atoms with Crippen LogP contribution in [-0.4, -0.2) is 28.6 Å². The number of rotatable bonds is 6. The first kappa shape index (κ1) is 15.2. The predicted octanol–water partition coefficient (Wildman–Crippen LogP) is 2.44. The zero-order chi connectivity index (χ0) is 15.4. The second-order valence-corrected chi connectivity index (χ2v) is 5.13. The van der Waals surface area contributed by atoms with Crippen molar-refractivity contribution in [3.05, 3.63) is 28.3 Å². The van der Waals surface area contributed by atoms with E-state index in [9.17, 15) is 20.0 Å². The maximum absolute atomic E-state index is 11.9. The van der Waals surface area contributed by atoms with Crippen LogP contribution in [0.25, 0.3) is 0 Å². The van der Waals surface area contributed by atoms with Crippen LogP contribution >= 0.6 is 0 Å². The lowest BCUT2D eigenvalue weighted by Crippen LogP contribution is -2.33. The van der Waals surface area contributed by atoms with Gasteiger partial charge in [0.15, 0.2) is 0 Å². The van der Waals surface area contributed by atoms with Crippen LogP contribution in [0.1, 0.15) is 26.2 Å². The largest absolute Gasteiger partial charge is 0.506 e. The smallest absolute Gasteiger partial charge is 0.271 e. The first-order valence-corrected chi connectivity index (χ1v) is 6.88. The Morgan fingerprint density at radius 3 is 2.86 bits per heavy atom. The SMILES string of the molecule is CCOC1CC(CC(=O)Nc2cc([N+](=O)[O-])ccc2O)C1. The number of phenols is 1. The van der Waals surface area contributed by atoms with E-state index in [1.54, 1.807) is 0 Å². The van der Waals surface area contributed by atoms with Gasteiger partial charge in [-0.3, -0.25) is 14.9 Å². The van der Waals surface area contributed by atoms with Crippen molar-refractivity contribution in [2.45, 2.75) is 32.3 Å². The maximum Gasteiger partial charge on any atom is 0.271 e. The van der Waals surface area contributed by atoms with Gasteiger partial charge in [0.25, 0.3) is 5.69 Å². The average molecular weight is 294 g/mol. The average Bonchev–Trinajstić information content (AvgIpc) is 2.38. The highest BCUT2D eigenvalue weighted by atomic mass is 16.6. The molecular formula is C14H18N2O5. The van der Waals surface area contributed by atoms with E-state index in [1.807, 2.05) is 6.92 Å². The fraction of sp³-hybridized carbons (Fsp3) is 0.500. The van der Waals surface area contributed by atoms with Crippen molar-refractivity contribution >= 4 is 17.3 Å². The molecule has 21 heavy (non-hydrogen) atoms. The quantitative estimate of drug-likeness (QED) is 0.476. The summed E-state index contributed by atoms with van der Waals surface area (Å²) in [6.07, 6.45) is 2.26. The molecule has 1 saturated carbocycles. The summed E-state index contributed by atoms with van der Waals surface area (Å²) >= 11 is 0. The predicted molar refractivity (Wildman–Crippen MR) is 76.1 cm³/mol. The Bertz CT molecular complexity index is 540. The Morgan fingerprint density at radius 2 is 2.24 bits per heavy atom. The lowest BCUT2D eigenvalue weighted by Gasteiger charge is -2.34. The topological polar surface area (TPSA) is 102 Å². The molecule has 0 atom stereocenters. The van der Waals surface area contributed by atoms with Crippen LogP contribution in [0.4, 0.5) is 11.4 Å². The first-order chi connectivity index (χ1) is 9.99. The zero-order valence-electron chi connectivity index (χ0n) is 11.7. The molecular weight excluding hydrogens is 276 g/mol. The molecule has 0 bridgehead atoms. The number of non-ortho nitro benzene ring substituents is 1. The van der Waals surface area contributed by atoms with Gasteiger partial charge < -0.3 is 15.2 Å². The Labute approximate surface area is 122 Å². The van der Waals surface area contributed by atoms with E-state index in [-0.39, 0.29) is 35.1 Å². The number of nitrogens with one attached hydrogen (secondary N) is 1. The molecule has 7 nitrogen and oxygen atoms in total. The van der Waals surface area contributed by atoms with Gasteiger partial charge in [-0.05, 0) is 31.7 Å². The van der Waals surface area contributed by atoms with Crippen LogP contribution < -0.4 is 5.32 Å². The third kappa shape index (κ3) is 3.91. The molecule has 0 unspecified atom stereocenters. The number of ether oxygens (including phenoxy) is 1. The van der Waals surface area contributed by atoms with Gasteiger partial charge >= 0.3 is 0 Å². The number of carbonyl (C=O) groups is 1. The number of amides is 1. The number of aromatic hydroxyl groups is 1. The molecule has 0 aromatic heterocycles. The zero-order valence-corrected chi connectivity index (χ0v) is 11.7. The summed E-state index contributed by atoms with van der Waals surface area (Å²) in [5.74, 6) is -0.178. The Hall–Kier alpha value is -2.15. The van der Waals surface area contributed by atoms with E-state index in [1.165, 1.54) is 12.1 Å². The number of nitro benzene ring substituents is 1. The standard InChI is InChI=1S/C14H18N2O5/c1-2-21-11-5-9(6-11)7-14(18)15-12-8-10(16(19)20)3-4-13(12)17/h3-4,8-9,11,17H,2,5-7H2,1H3,(H,15,18). The number of carbonyl (C=O) groups excluding carboxylic acids is 1. The number of nitro groups is 1. The molecule has 2 rings (SSSR count). The lowest BCUT2D eigenvalue weighted by molar-refractivity contribution is -0.384. The summed E-state index contributed by atoms with van der Waals surface area (Å²) in [7, 11) is 0. The van der Waals surface area contributed by atoms with Gasteiger partial charge in [-0.2, -0.15) is 0 Å². The Balaban J connectivity index is 1.88. The third-order valence-corrected chi connectivity index (χ3v) is 3.53. The monoisotopic (exact) mass is 294 g/mol. The number of anilines is 1. The highest BCUT2D eigenvalue weighted by Crippen LogP contribution is 2.34. The summed E-state index contributed by atoms with van der Waals surface area (Å²) in [4.78, 5) is 22.0. The molecule has 1 aromatic rings. The first-order valence-electron chi connectivity index (χ1n) is 6.88. The summed E-state index contributed by atoms with van der Waals surface area (Å²) in [6.45, 7) is 2.61. The van der Waals surface area contributed by atoms with Crippen LogP contribution in [0.5, 0.6) is 5.75 Å². The van der Waals surface area contributed by atoms with E-state index < -0.39 is 4.92 Å². The molecule has 1 amide bonds. The number of nitrogens with zero attached hydrogens (tertiary/aromatic N) is 1. The molecule has 1 fully saturated rings. The van der Waals surface area contributed by atoms with Gasteiger partial charge in [-0.1, -0.05) is 0 Å². The highest BCUT2D eigenvalue weighted by molar-refractivity contribution is 5.92. The van der Waals surface area contributed by atoms with Gasteiger partial charge in [0.1, 0.15) is 5.75 Å². The van der Waals surface area contributed by atoms with Crippen molar-refractivity contribution < 1.29 is 19.6 Å². The maximum atomic E-state index is 11.9. The molecule has 114 valence electrons. The minimum atomic E-state index is -0.576. The number of hydrogen-bond donors (Lipinski definition) is 2. The van der Waals surface area contributed by atoms with E-state index >= 15 is 0 Å². The van der Waals surface area contributed by atoms with E-state index in [2.05, 4.69) is 5.32 Å². The summed E-state index contributed by atoms with van der Waals surface area (Å²) in [6, 6.07) is 3.53. The normalized spacial score (nSPS) is 20.6. The van der Waals surface area contributed by atoms with Crippen LogP contribution in [0.15, 0.2) is 18.2 Å². The van der Waals surface area contributed by atoms with Gasteiger partial charge in [-0.25, -0.2) is 0 Å². The molecule has 0 aliphatic heterocycles. The van der Waals surface area contributed by atoms with Gasteiger partial charge in [0.2, 0.25) is 5.91 Å². The summed E-state index contributed by atoms with van der Waals surface area (Å²) in [5, 5.41) is 22.8. The van der Waals surface area contributed by atoms with Crippen LogP contribution in [-0.2, 0) is 9.53 Å². The van der Waals surface area contributed by atoms with Crippen molar-refractivity contribution in [1.82, 2.24) is 0 Å². The van der Waals surface area contributed by atoms with Crippen LogP contribution in [0, 0.1) is 16.0 Å².